The van der Waals surface area contributed by atoms with Gasteiger partial charge in [0.2, 0.25) is 5.76 Å². The number of carbonyl (C=O) groups is 1. The summed E-state index contributed by atoms with van der Waals surface area (Å²) in [5.74, 6) is 0.495. The highest BCUT2D eigenvalue weighted by Crippen LogP contribution is 2.17. The number of aromatic nitrogens is 2. The summed E-state index contributed by atoms with van der Waals surface area (Å²) in [4.78, 5) is 15.3. The van der Waals surface area contributed by atoms with E-state index >= 15 is 0 Å². The lowest BCUT2D eigenvalue weighted by atomic mass is 10.0. The van der Waals surface area contributed by atoms with Crippen molar-refractivity contribution >= 4 is 16.8 Å². The van der Waals surface area contributed by atoms with Gasteiger partial charge in [-0.1, -0.05) is 11.2 Å². The summed E-state index contributed by atoms with van der Waals surface area (Å²) in [7, 11) is 0. The molecule has 0 aliphatic carbocycles. The Bertz CT molecular complexity index is 832. The predicted molar refractivity (Wildman–Crippen MR) is 84.0 cm³/mol. The molecule has 1 amide bonds. The third kappa shape index (κ3) is 2.98. The van der Waals surface area contributed by atoms with E-state index in [1.807, 2.05) is 24.4 Å². The Morgan fingerprint density at radius 3 is 3.04 bits per heavy atom. The number of rotatable bonds is 5. The van der Waals surface area contributed by atoms with E-state index in [0.29, 0.717) is 12.5 Å². The van der Waals surface area contributed by atoms with Crippen LogP contribution in [-0.4, -0.2) is 29.3 Å². The van der Waals surface area contributed by atoms with Gasteiger partial charge in [-0.2, -0.15) is 0 Å². The van der Waals surface area contributed by atoms with E-state index in [0.717, 1.165) is 41.8 Å². The van der Waals surface area contributed by atoms with E-state index in [-0.39, 0.29) is 11.7 Å². The zero-order valence-corrected chi connectivity index (χ0v) is 12.5. The molecule has 1 aliphatic rings. The fourth-order valence-electron chi connectivity index (χ4n) is 2.70. The fraction of sp³-hybridized carbons (Fsp3) is 0.294. The summed E-state index contributed by atoms with van der Waals surface area (Å²) in [5, 5.41) is 7.94. The van der Waals surface area contributed by atoms with Crippen LogP contribution in [0.1, 0.15) is 21.8 Å². The van der Waals surface area contributed by atoms with Crippen molar-refractivity contribution in [1.29, 1.82) is 0 Å². The number of amides is 1. The van der Waals surface area contributed by atoms with Gasteiger partial charge in [0.25, 0.3) is 5.91 Å². The van der Waals surface area contributed by atoms with Crippen molar-refractivity contribution in [2.24, 2.45) is 5.92 Å². The molecule has 0 atom stereocenters. The van der Waals surface area contributed by atoms with Crippen LogP contribution in [0.3, 0.4) is 0 Å². The van der Waals surface area contributed by atoms with Gasteiger partial charge in [0.15, 0.2) is 0 Å². The molecule has 2 N–H and O–H groups in total. The summed E-state index contributed by atoms with van der Waals surface area (Å²) in [6, 6.07) is 9.76. The Balaban J connectivity index is 1.37. The number of H-pyrrole nitrogens is 1. The average molecular weight is 311 g/mol. The minimum atomic E-state index is -0.247. The average Bonchev–Trinajstić information content (AvgIpc) is 3.17. The normalized spacial score (nSPS) is 14.8. The number of hydrogen-bond donors (Lipinski definition) is 2. The van der Waals surface area contributed by atoms with Crippen LogP contribution < -0.4 is 5.32 Å². The van der Waals surface area contributed by atoms with Crippen LogP contribution in [0.2, 0.25) is 0 Å². The van der Waals surface area contributed by atoms with E-state index in [1.165, 1.54) is 0 Å². The maximum atomic E-state index is 12.1. The Labute approximate surface area is 132 Å². The SMILES string of the molecule is O=C(NCc1ccc2[nH]ccc2c1)c1cc(CC2COC2)no1. The van der Waals surface area contributed by atoms with Crippen LogP contribution in [0.4, 0.5) is 0 Å². The third-order valence-corrected chi connectivity index (χ3v) is 4.06. The van der Waals surface area contributed by atoms with Crippen molar-refractivity contribution in [3.63, 3.8) is 0 Å². The molecule has 2 aromatic heterocycles. The lowest BCUT2D eigenvalue weighted by molar-refractivity contribution is -0.0318. The molecule has 118 valence electrons. The lowest BCUT2D eigenvalue weighted by Gasteiger charge is -2.24. The molecule has 3 aromatic rings. The Morgan fingerprint density at radius 1 is 1.30 bits per heavy atom. The second kappa shape index (κ2) is 5.89. The lowest BCUT2D eigenvalue weighted by Crippen LogP contribution is -2.29. The molecule has 1 fully saturated rings. The number of fused-ring (bicyclic) bond motifs is 1. The first kappa shape index (κ1) is 14.0. The second-order valence-electron chi connectivity index (χ2n) is 5.87. The molecule has 3 heterocycles. The highest BCUT2D eigenvalue weighted by molar-refractivity contribution is 5.91. The van der Waals surface area contributed by atoms with Crippen molar-refractivity contribution in [3.05, 3.63) is 53.5 Å². The molecule has 1 saturated heterocycles. The minimum absolute atomic E-state index is 0.247. The first-order chi connectivity index (χ1) is 11.3. The van der Waals surface area contributed by atoms with Gasteiger partial charge in [0, 0.05) is 36.7 Å². The Kier molecular flexibility index (Phi) is 3.59. The van der Waals surface area contributed by atoms with E-state index in [2.05, 4.69) is 21.5 Å². The first-order valence-electron chi connectivity index (χ1n) is 7.65. The Morgan fingerprint density at radius 2 is 2.22 bits per heavy atom. The minimum Gasteiger partial charge on any atom is -0.381 e. The third-order valence-electron chi connectivity index (χ3n) is 4.06. The van der Waals surface area contributed by atoms with Crippen LogP contribution in [-0.2, 0) is 17.7 Å². The maximum absolute atomic E-state index is 12.1. The standard InChI is InChI=1S/C17H17N3O3/c21-17(16-7-14(20-23-16)6-12-9-22-10-12)19-8-11-1-2-15-13(5-11)3-4-18-15/h1-5,7,12,18H,6,8-10H2,(H,19,21). The Hall–Kier alpha value is -2.60. The molecule has 4 rings (SSSR count). The highest BCUT2D eigenvalue weighted by atomic mass is 16.5. The van der Waals surface area contributed by atoms with Gasteiger partial charge in [-0.25, -0.2) is 0 Å². The molecule has 6 heteroatoms. The number of aromatic amines is 1. The molecular formula is C17H17N3O3. The summed E-state index contributed by atoms with van der Waals surface area (Å²) in [6.07, 6.45) is 2.69. The molecule has 0 saturated carbocycles. The van der Waals surface area contributed by atoms with E-state index in [1.54, 1.807) is 6.07 Å². The van der Waals surface area contributed by atoms with Gasteiger partial charge in [-0.15, -0.1) is 0 Å². The van der Waals surface area contributed by atoms with Gasteiger partial charge >= 0.3 is 0 Å². The zero-order valence-electron chi connectivity index (χ0n) is 12.5. The first-order valence-corrected chi connectivity index (χ1v) is 7.65. The van der Waals surface area contributed by atoms with Gasteiger partial charge in [0.1, 0.15) is 0 Å². The largest absolute Gasteiger partial charge is 0.381 e. The summed E-state index contributed by atoms with van der Waals surface area (Å²) in [5.41, 5.74) is 2.92. The topological polar surface area (TPSA) is 80.2 Å². The monoisotopic (exact) mass is 311 g/mol. The quantitative estimate of drug-likeness (QED) is 0.757. The van der Waals surface area contributed by atoms with Crippen molar-refractivity contribution in [3.8, 4) is 0 Å². The number of ether oxygens (including phenoxy) is 1. The molecule has 23 heavy (non-hydrogen) atoms. The van der Waals surface area contributed by atoms with Gasteiger partial charge in [-0.3, -0.25) is 4.79 Å². The van der Waals surface area contributed by atoms with Crippen molar-refractivity contribution in [1.82, 2.24) is 15.5 Å². The molecule has 0 spiro atoms. The van der Waals surface area contributed by atoms with E-state index in [9.17, 15) is 4.79 Å². The van der Waals surface area contributed by atoms with Gasteiger partial charge < -0.3 is 19.6 Å². The molecular weight excluding hydrogens is 294 g/mol. The predicted octanol–water partition coefficient (Wildman–Crippen LogP) is 2.27. The number of hydrogen-bond acceptors (Lipinski definition) is 4. The highest BCUT2D eigenvalue weighted by Gasteiger charge is 2.21. The molecule has 6 nitrogen and oxygen atoms in total. The number of carbonyl (C=O) groups excluding carboxylic acids is 1. The summed E-state index contributed by atoms with van der Waals surface area (Å²) < 4.78 is 10.3. The van der Waals surface area contributed by atoms with Crippen molar-refractivity contribution in [2.75, 3.05) is 13.2 Å². The van der Waals surface area contributed by atoms with Crippen LogP contribution in [0.15, 0.2) is 41.1 Å². The summed E-state index contributed by atoms with van der Waals surface area (Å²) >= 11 is 0. The second-order valence-corrected chi connectivity index (χ2v) is 5.87. The van der Waals surface area contributed by atoms with Gasteiger partial charge in [0.05, 0.1) is 18.9 Å². The van der Waals surface area contributed by atoms with E-state index < -0.39 is 0 Å². The number of nitrogens with zero attached hydrogens (tertiary/aromatic N) is 1. The number of nitrogens with one attached hydrogen (secondary N) is 2. The summed E-state index contributed by atoms with van der Waals surface area (Å²) in [6.45, 7) is 1.97. The molecule has 1 aliphatic heterocycles. The van der Waals surface area contributed by atoms with Crippen molar-refractivity contribution < 1.29 is 14.1 Å². The molecule has 1 aromatic carbocycles. The molecule has 0 unspecified atom stereocenters. The van der Waals surface area contributed by atoms with Crippen LogP contribution in [0.5, 0.6) is 0 Å². The maximum Gasteiger partial charge on any atom is 0.290 e. The molecule has 0 bridgehead atoms. The van der Waals surface area contributed by atoms with E-state index in [4.69, 9.17) is 9.26 Å². The van der Waals surface area contributed by atoms with Crippen LogP contribution >= 0.6 is 0 Å². The zero-order chi connectivity index (χ0) is 15.6. The smallest absolute Gasteiger partial charge is 0.290 e. The van der Waals surface area contributed by atoms with Crippen molar-refractivity contribution in [2.45, 2.75) is 13.0 Å². The number of benzene rings is 1. The molecule has 0 radical (unpaired) electrons. The van der Waals surface area contributed by atoms with Gasteiger partial charge in [-0.05, 0) is 29.1 Å². The van der Waals surface area contributed by atoms with Crippen LogP contribution in [0, 0.1) is 5.92 Å². The fourth-order valence-corrected chi connectivity index (χ4v) is 2.70. The van der Waals surface area contributed by atoms with Crippen LogP contribution in [0.25, 0.3) is 10.9 Å².